The normalized spacial score (nSPS) is 11.2. The first kappa shape index (κ1) is 10.8. The monoisotopic (exact) mass is 186 g/mol. The molecule has 4 nitrogen and oxygen atoms in total. The molecule has 0 fully saturated rings. The number of ether oxygens (including phenoxy) is 1. The quantitative estimate of drug-likeness (QED) is 0.290. The summed E-state index contributed by atoms with van der Waals surface area (Å²) in [6.45, 7) is 1.95. The van der Waals surface area contributed by atoms with E-state index in [9.17, 15) is 4.79 Å². The number of hydrogen-bond acceptors (Lipinski definition) is 5. The van der Waals surface area contributed by atoms with Gasteiger partial charge in [-0.1, -0.05) is 0 Å². The highest BCUT2D eigenvalue weighted by Gasteiger charge is 2.10. The van der Waals surface area contributed by atoms with Crippen molar-refractivity contribution < 1.29 is 9.53 Å². The van der Waals surface area contributed by atoms with Crippen LogP contribution in [0.25, 0.3) is 0 Å². The topological polar surface area (TPSA) is 62.1 Å². The molecule has 0 rings (SSSR count). The summed E-state index contributed by atoms with van der Waals surface area (Å²) < 4.78 is 4.62. The Morgan fingerprint density at radius 3 is 2.67 bits per heavy atom. The van der Waals surface area contributed by atoms with Crippen LogP contribution in [0.4, 0.5) is 0 Å². The SMILES string of the molecule is CCOC(=O)/C(S)=C(/C#N)NC. The van der Waals surface area contributed by atoms with E-state index in [1.807, 2.05) is 0 Å². The highest BCUT2D eigenvalue weighted by Crippen LogP contribution is 2.07. The Morgan fingerprint density at radius 2 is 2.33 bits per heavy atom. The highest BCUT2D eigenvalue weighted by atomic mass is 32.1. The molecule has 0 atom stereocenters. The van der Waals surface area contributed by atoms with Gasteiger partial charge in [-0.2, -0.15) is 5.26 Å². The summed E-state index contributed by atoms with van der Waals surface area (Å²) in [6.07, 6.45) is 0. The summed E-state index contributed by atoms with van der Waals surface area (Å²) in [5.74, 6) is -0.591. The van der Waals surface area contributed by atoms with E-state index in [0.29, 0.717) is 0 Å². The van der Waals surface area contributed by atoms with Gasteiger partial charge in [0, 0.05) is 7.05 Å². The number of rotatable bonds is 3. The van der Waals surface area contributed by atoms with Gasteiger partial charge in [0.1, 0.15) is 16.7 Å². The van der Waals surface area contributed by atoms with Gasteiger partial charge in [0.15, 0.2) is 0 Å². The summed E-state index contributed by atoms with van der Waals surface area (Å²) in [7, 11) is 1.54. The summed E-state index contributed by atoms with van der Waals surface area (Å²) in [5, 5.41) is 11.0. The van der Waals surface area contributed by atoms with Gasteiger partial charge in [0.05, 0.1) is 6.61 Å². The molecule has 1 N–H and O–H groups in total. The number of carbonyl (C=O) groups is 1. The molecule has 0 saturated heterocycles. The van der Waals surface area contributed by atoms with Crippen molar-refractivity contribution in [2.75, 3.05) is 13.7 Å². The lowest BCUT2D eigenvalue weighted by Gasteiger charge is -2.02. The fourth-order valence-corrected chi connectivity index (χ4v) is 0.755. The summed E-state index contributed by atoms with van der Waals surface area (Å²) in [5.41, 5.74) is 0.108. The number of thiol groups is 1. The number of nitrogens with zero attached hydrogens (tertiary/aromatic N) is 1. The zero-order valence-electron chi connectivity index (χ0n) is 6.92. The van der Waals surface area contributed by atoms with Crippen LogP contribution in [0.3, 0.4) is 0 Å². The average molecular weight is 186 g/mol. The van der Waals surface area contributed by atoms with Crippen molar-refractivity contribution in [3.05, 3.63) is 10.6 Å². The number of nitrogens with one attached hydrogen (secondary N) is 1. The third kappa shape index (κ3) is 2.84. The van der Waals surface area contributed by atoms with Crippen LogP contribution in [0.15, 0.2) is 10.6 Å². The molecule has 0 aliphatic heterocycles. The van der Waals surface area contributed by atoms with E-state index < -0.39 is 5.97 Å². The van der Waals surface area contributed by atoms with Crippen LogP contribution in [0.2, 0.25) is 0 Å². The molecule has 66 valence electrons. The lowest BCUT2D eigenvalue weighted by Crippen LogP contribution is -2.12. The second-order valence-electron chi connectivity index (χ2n) is 1.81. The number of hydrogen-bond donors (Lipinski definition) is 2. The van der Waals surface area contributed by atoms with Crippen LogP contribution in [0.1, 0.15) is 6.92 Å². The van der Waals surface area contributed by atoms with Gasteiger partial charge in [-0.05, 0) is 6.92 Å². The van der Waals surface area contributed by atoms with E-state index in [1.165, 1.54) is 7.05 Å². The maximum absolute atomic E-state index is 11.0. The predicted molar refractivity (Wildman–Crippen MR) is 47.3 cm³/mol. The van der Waals surface area contributed by atoms with Crippen LogP contribution in [0.5, 0.6) is 0 Å². The van der Waals surface area contributed by atoms with Gasteiger partial charge >= 0.3 is 5.97 Å². The molecule has 0 spiro atoms. The molecule has 0 amide bonds. The fourth-order valence-electron chi connectivity index (χ4n) is 0.529. The van der Waals surface area contributed by atoms with Gasteiger partial charge in [-0.3, -0.25) is 0 Å². The summed E-state index contributed by atoms with van der Waals surface area (Å²) in [4.78, 5) is 11.0. The van der Waals surface area contributed by atoms with Gasteiger partial charge in [0.25, 0.3) is 0 Å². The zero-order chi connectivity index (χ0) is 9.56. The molecule has 0 aliphatic rings. The lowest BCUT2D eigenvalue weighted by atomic mass is 10.4. The Bertz CT molecular complexity index is 242. The molecule has 0 radical (unpaired) electrons. The second kappa shape index (κ2) is 5.49. The van der Waals surface area contributed by atoms with Gasteiger partial charge in [-0.25, -0.2) is 4.79 Å². The van der Waals surface area contributed by atoms with Crippen molar-refractivity contribution in [1.29, 1.82) is 5.26 Å². The van der Waals surface area contributed by atoms with E-state index in [2.05, 4.69) is 22.7 Å². The van der Waals surface area contributed by atoms with Crippen molar-refractivity contribution in [1.82, 2.24) is 5.32 Å². The van der Waals surface area contributed by atoms with E-state index in [-0.39, 0.29) is 17.2 Å². The average Bonchev–Trinajstić information content (AvgIpc) is 2.07. The van der Waals surface area contributed by atoms with Crippen LogP contribution >= 0.6 is 12.6 Å². The molecule has 0 bridgehead atoms. The maximum atomic E-state index is 11.0. The smallest absolute Gasteiger partial charge is 0.347 e. The zero-order valence-corrected chi connectivity index (χ0v) is 7.81. The first-order valence-corrected chi connectivity index (χ1v) is 3.80. The Kier molecular flexibility index (Phi) is 4.97. The fraction of sp³-hybridized carbons (Fsp3) is 0.429. The molecule has 5 heteroatoms. The Balaban J connectivity index is 4.54. The van der Waals surface area contributed by atoms with Crippen LogP contribution in [-0.4, -0.2) is 19.6 Å². The number of carbonyl (C=O) groups excluding carboxylic acids is 1. The minimum atomic E-state index is -0.591. The van der Waals surface area contributed by atoms with Crippen molar-refractivity contribution in [2.45, 2.75) is 6.92 Å². The minimum absolute atomic E-state index is 0.00171. The number of allylic oxidation sites excluding steroid dienone is 1. The molecule has 0 aliphatic carbocycles. The second-order valence-corrected chi connectivity index (χ2v) is 2.25. The Labute approximate surface area is 76.6 Å². The number of esters is 1. The maximum Gasteiger partial charge on any atom is 0.347 e. The van der Waals surface area contributed by atoms with Crippen molar-refractivity contribution in [3.63, 3.8) is 0 Å². The first-order chi connectivity index (χ1) is 5.67. The largest absolute Gasteiger partial charge is 0.462 e. The molecular weight excluding hydrogens is 176 g/mol. The lowest BCUT2D eigenvalue weighted by molar-refractivity contribution is -0.137. The Hall–Kier alpha value is -1.15. The molecule has 0 aromatic heterocycles. The molecule has 0 aromatic carbocycles. The van der Waals surface area contributed by atoms with Crippen molar-refractivity contribution in [3.8, 4) is 6.07 Å². The van der Waals surface area contributed by atoms with E-state index >= 15 is 0 Å². The Morgan fingerprint density at radius 1 is 1.75 bits per heavy atom. The number of nitriles is 1. The van der Waals surface area contributed by atoms with Crippen LogP contribution in [-0.2, 0) is 9.53 Å². The van der Waals surface area contributed by atoms with Crippen LogP contribution in [0, 0.1) is 11.3 Å². The summed E-state index contributed by atoms with van der Waals surface area (Å²) in [6, 6.07) is 1.78. The molecule has 0 unspecified atom stereocenters. The van der Waals surface area contributed by atoms with E-state index in [4.69, 9.17) is 5.26 Å². The first-order valence-electron chi connectivity index (χ1n) is 3.35. The third-order valence-electron chi connectivity index (χ3n) is 1.07. The standard InChI is InChI=1S/C7H10N2O2S/c1-3-11-7(10)6(12)5(4-8)9-2/h9,12H,3H2,1-2H3/b6-5+. The molecular formula is C7H10N2O2S. The van der Waals surface area contributed by atoms with E-state index in [0.717, 1.165) is 0 Å². The third-order valence-corrected chi connectivity index (χ3v) is 1.47. The van der Waals surface area contributed by atoms with Crippen molar-refractivity contribution in [2.24, 2.45) is 0 Å². The van der Waals surface area contributed by atoms with Crippen molar-refractivity contribution >= 4 is 18.6 Å². The highest BCUT2D eigenvalue weighted by molar-refractivity contribution is 7.85. The van der Waals surface area contributed by atoms with E-state index in [1.54, 1.807) is 13.0 Å². The molecule has 0 aromatic rings. The molecule has 0 heterocycles. The summed E-state index contributed by atoms with van der Waals surface area (Å²) >= 11 is 3.83. The van der Waals surface area contributed by atoms with Gasteiger partial charge in [0.2, 0.25) is 0 Å². The molecule has 0 saturated carbocycles. The van der Waals surface area contributed by atoms with Crippen LogP contribution < -0.4 is 5.32 Å². The van der Waals surface area contributed by atoms with Gasteiger partial charge < -0.3 is 10.1 Å². The molecule has 12 heavy (non-hydrogen) atoms. The predicted octanol–water partition coefficient (Wildman–Crippen LogP) is 0.434. The van der Waals surface area contributed by atoms with Gasteiger partial charge in [-0.15, -0.1) is 12.6 Å². The minimum Gasteiger partial charge on any atom is -0.462 e.